The standard InChI is InChI=1S/C18H21N3O2S/c1-12(2)17-16(20-11-24-17)18(23)19-10-13-5-7-14(8-6-13)21-9-3-4-15(21)22/h5-8,11-12H,3-4,9-10H2,1-2H3,(H,19,23). The summed E-state index contributed by atoms with van der Waals surface area (Å²) in [6.07, 6.45) is 1.55. The molecule has 1 aromatic heterocycles. The van der Waals surface area contributed by atoms with Gasteiger partial charge in [-0.2, -0.15) is 0 Å². The maximum Gasteiger partial charge on any atom is 0.271 e. The summed E-state index contributed by atoms with van der Waals surface area (Å²) in [5, 5.41) is 2.92. The van der Waals surface area contributed by atoms with Gasteiger partial charge in [0, 0.05) is 30.1 Å². The Morgan fingerprint density at radius 2 is 2.08 bits per heavy atom. The van der Waals surface area contributed by atoms with Crippen molar-refractivity contribution in [1.29, 1.82) is 0 Å². The van der Waals surface area contributed by atoms with E-state index in [9.17, 15) is 9.59 Å². The first-order valence-corrected chi connectivity index (χ1v) is 9.05. The van der Waals surface area contributed by atoms with E-state index in [-0.39, 0.29) is 17.7 Å². The number of carbonyl (C=O) groups excluding carboxylic acids is 2. The van der Waals surface area contributed by atoms with Gasteiger partial charge < -0.3 is 10.2 Å². The molecule has 3 rings (SSSR count). The van der Waals surface area contributed by atoms with Gasteiger partial charge in [-0.3, -0.25) is 9.59 Å². The number of anilines is 1. The number of rotatable bonds is 5. The molecule has 126 valence electrons. The molecule has 0 atom stereocenters. The topological polar surface area (TPSA) is 62.3 Å². The van der Waals surface area contributed by atoms with E-state index in [4.69, 9.17) is 0 Å². The molecular formula is C18H21N3O2S. The highest BCUT2D eigenvalue weighted by molar-refractivity contribution is 7.10. The molecule has 1 fully saturated rings. The first kappa shape index (κ1) is 16.6. The smallest absolute Gasteiger partial charge is 0.271 e. The summed E-state index contributed by atoms with van der Waals surface area (Å²) in [5.74, 6) is 0.329. The lowest BCUT2D eigenvalue weighted by Crippen LogP contribution is -2.25. The predicted octanol–water partition coefficient (Wildman–Crippen LogP) is 3.32. The monoisotopic (exact) mass is 343 g/mol. The molecule has 1 N–H and O–H groups in total. The van der Waals surface area contributed by atoms with E-state index in [0.717, 1.165) is 29.1 Å². The van der Waals surface area contributed by atoms with Crippen molar-refractivity contribution in [3.05, 3.63) is 45.9 Å². The van der Waals surface area contributed by atoms with E-state index in [1.807, 2.05) is 29.2 Å². The number of aromatic nitrogens is 1. The molecule has 1 saturated heterocycles. The Bertz CT molecular complexity index is 737. The summed E-state index contributed by atoms with van der Waals surface area (Å²) in [6.45, 7) is 5.35. The van der Waals surface area contributed by atoms with Gasteiger partial charge in [0.15, 0.2) is 0 Å². The van der Waals surface area contributed by atoms with Crippen LogP contribution in [-0.4, -0.2) is 23.3 Å². The second-order valence-corrected chi connectivity index (χ2v) is 7.10. The Kier molecular flexibility index (Phi) is 4.94. The normalized spacial score (nSPS) is 14.5. The van der Waals surface area contributed by atoms with Gasteiger partial charge in [0.05, 0.1) is 5.51 Å². The molecule has 0 bridgehead atoms. The second kappa shape index (κ2) is 7.13. The van der Waals surface area contributed by atoms with Crippen LogP contribution in [0.4, 0.5) is 5.69 Å². The lowest BCUT2D eigenvalue weighted by atomic mass is 10.1. The Hall–Kier alpha value is -2.21. The Labute approximate surface area is 145 Å². The number of carbonyl (C=O) groups is 2. The maximum absolute atomic E-state index is 12.3. The third-order valence-electron chi connectivity index (χ3n) is 4.11. The van der Waals surface area contributed by atoms with Crippen molar-refractivity contribution in [3.63, 3.8) is 0 Å². The SMILES string of the molecule is CC(C)c1scnc1C(=O)NCc1ccc(N2CCCC2=O)cc1. The Balaban J connectivity index is 1.61. The maximum atomic E-state index is 12.3. The Morgan fingerprint density at radius 3 is 2.71 bits per heavy atom. The van der Waals surface area contributed by atoms with E-state index in [0.29, 0.717) is 18.7 Å². The summed E-state index contributed by atoms with van der Waals surface area (Å²) in [5.41, 5.74) is 4.16. The summed E-state index contributed by atoms with van der Waals surface area (Å²) >= 11 is 1.51. The molecule has 2 heterocycles. The first-order valence-electron chi connectivity index (χ1n) is 8.17. The zero-order valence-electron chi connectivity index (χ0n) is 13.9. The number of nitrogens with zero attached hydrogens (tertiary/aromatic N) is 2. The van der Waals surface area contributed by atoms with Gasteiger partial charge in [-0.05, 0) is 30.0 Å². The second-order valence-electron chi connectivity index (χ2n) is 6.22. The molecule has 1 aliphatic rings. The molecule has 5 nitrogen and oxygen atoms in total. The van der Waals surface area contributed by atoms with Gasteiger partial charge in [0.2, 0.25) is 5.91 Å². The minimum atomic E-state index is -0.140. The summed E-state index contributed by atoms with van der Waals surface area (Å²) in [7, 11) is 0. The van der Waals surface area contributed by atoms with E-state index >= 15 is 0 Å². The van der Waals surface area contributed by atoms with E-state index < -0.39 is 0 Å². The third-order valence-corrected chi connectivity index (χ3v) is 5.24. The minimum Gasteiger partial charge on any atom is -0.347 e. The van der Waals surface area contributed by atoms with Crippen molar-refractivity contribution in [2.75, 3.05) is 11.4 Å². The number of benzene rings is 1. The molecular weight excluding hydrogens is 322 g/mol. The lowest BCUT2D eigenvalue weighted by Gasteiger charge is -2.16. The van der Waals surface area contributed by atoms with Gasteiger partial charge in [0.1, 0.15) is 5.69 Å². The van der Waals surface area contributed by atoms with Crippen LogP contribution in [-0.2, 0) is 11.3 Å². The Morgan fingerprint density at radius 1 is 1.33 bits per heavy atom. The number of thiazole rings is 1. The first-order chi connectivity index (χ1) is 11.6. The third kappa shape index (κ3) is 3.48. The highest BCUT2D eigenvalue weighted by Crippen LogP contribution is 2.24. The van der Waals surface area contributed by atoms with Crippen LogP contribution < -0.4 is 10.2 Å². The average molecular weight is 343 g/mol. The van der Waals surface area contributed by atoms with Crippen LogP contribution in [0.25, 0.3) is 0 Å². The van der Waals surface area contributed by atoms with Gasteiger partial charge in [-0.15, -0.1) is 11.3 Å². The van der Waals surface area contributed by atoms with Gasteiger partial charge in [0.25, 0.3) is 5.91 Å². The molecule has 24 heavy (non-hydrogen) atoms. The van der Waals surface area contributed by atoms with Crippen molar-refractivity contribution >= 4 is 28.8 Å². The predicted molar refractivity (Wildman–Crippen MR) is 95.4 cm³/mol. The van der Waals surface area contributed by atoms with Gasteiger partial charge in [-0.25, -0.2) is 4.98 Å². The highest BCUT2D eigenvalue weighted by Gasteiger charge is 2.21. The van der Waals surface area contributed by atoms with Crippen LogP contribution in [0.15, 0.2) is 29.8 Å². The number of amides is 2. The number of nitrogens with one attached hydrogen (secondary N) is 1. The van der Waals surface area contributed by atoms with Crippen LogP contribution in [0, 0.1) is 0 Å². The van der Waals surface area contributed by atoms with E-state index in [1.165, 1.54) is 11.3 Å². The van der Waals surface area contributed by atoms with Crippen LogP contribution >= 0.6 is 11.3 Å². The fourth-order valence-electron chi connectivity index (χ4n) is 2.82. The van der Waals surface area contributed by atoms with Crippen molar-refractivity contribution in [1.82, 2.24) is 10.3 Å². The number of hydrogen-bond acceptors (Lipinski definition) is 4. The molecule has 0 unspecified atom stereocenters. The van der Waals surface area contributed by atoms with Crippen LogP contribution in [0.2, 0.25) is 0 Å². The molecule has 2 amide bonds. The van der Waals surface area contributed by atoms with Crippen molar-refractivity contribution in [2.45, 2.75) is 39.2 Å². The number of hydrogen-bond donors (Lipinski definition) is 1. The molecule has 0 aliphatic carbocycles. The zero-order chi connectivity index (χ0) is 17.1. The summed E-state index contributed by atoms with van der Waals surface area (Å²) < 4.78 is 0. The zero-order valence-corrected chi connectivity index (χ0v) is 14.7. The molecule has 1 aromatic carbocycles. The summed E-state index contributed by atoms with van der Waals surface area (Å²) in [4.78, 5) is 31.1. The molecule has 0 saturated carbocycles. The van der Waals surface area contributed by atoms with Crippen molar-refractivity contribution in [3.8, 4) is 0 Å². The fourth-order valence-corrected chi connectivity index (χ4v) is 3.62. The average Bonchev–Trinajstić information content (AvgIpc) is 3.22. The highest BCUT2D eigenvalue weighted by atomic mass is 32.1. The molecule has 1 aliphatic heterocycles. The summed E-state index contributed by atoms with van der Waals surface area (Å²) in [6, 6.07) is 7.78. The molecule has 6 heteroatoms. The van der Waals surface area contributed by atoms with Gasteiger partial charge >= 0.3 is 0 Å². The van der Waals surface area contributed by atoms with Crippen LogP contribution in [0.3, 0.4) is 0 Å². The molecule has 0 spiro atoms. The van der Waals surface area contributed by atoms with Crippen molar-refractivity contribution in [2.24, 2.45) is 0 Å². The fraction of sp³-hybridized carbons (Fsp3) is 0.389. The largest absolute Gasteiger partial charge is 0.347 e. The minimum absolute atomic E-state index is 0.140. The van der Waals surface area contributed by atoms with Crippen LogP contribution in [0.1, 0.15) is 53.5 Å². The van der Waals surface area contributed by atoms with Gasteiger partial charge in [-0.1, -0.05) is 26.0 Å². The van der Waals surface area contributed by atoms with E-state index in [1.54, 1.807) is 5.51 Å². The quantitative estimate of drug-likeness (QED) is 0.906. The molecule has 0 radical (unpaired) electrons. The van der Waals surface area contributed by atoms with Crippen LogP contribution in [0.5, 0.6) is 0 Å². The molecule has 2 aromatic rings. The lowest BCUT2D eigenvalue weighted by molar-refractivity contribution is -0.117. The van der Waals surface area contributed by atoms with E-state index in [2.05, 4.69) is 24.1 Å². The van der Waals surface area contributed by atoms with Crippen molar-refractivity contribution < 1.29 is 9.59 Å².